The van der Waals surface area contributed by atoms with Gasteiger partial charge in [-0.2, -0.15) is 5.26 Å². The third kappa shape index (κ3) is 4.71. The van der Waals surface area contributed by atoms with Crippen LogP contribution < -0.4 is 0 Å². The van der Waals surface area contributed by atoms with Crippen molar-refractivity contribution in [2.75, 3.05) is 33.0 Å². The van der Waals surface area contributed by atoms with Gasteiger partial charge in [0.2, 0.25) is 0 Å². The number of hydrogen-bond donors (Lipinski definition) is 0. The van der Waals surface area contributed by atoms with Crippen LogP contribution in [0.1, 0.15) is 32.6 Å². The Morgan fingerprint density at radius 2 is 1.80 bits per heavy atom. The van der Waals surface area contributed by atoms with Crippen LogP contribution in [0.4, 0.5) is 0 Å². The van der Waals surface area contributed by atoms with E-state index < -0.39 is 0 Å². The van der Waals surface area contributed by atoms with Crippen molar-refractivity contribution in [2.45, 2.75) is 45.0 Å². The van der Waals surface area contributed by atoms with Gasteiger partial charge in [-0.25, -0.2) is 0 Å². The van der Waals surface area contributed by atoms with E-state index in [9.17, 15) is 0 Å². The second-order valence-electron chi connectivity index (χ2n) is 5.47. The molecule has 2 aliphatic rings. The zero-order valence-electron chi connectivity index (χ0n) is 12.3. The Hall–Kier alpha value is -0.670. The highest BCUT2D eigenvalue weighted by Crippen LogP contribution is 2.33. The van der Waals surface area contributed by atoms with E-state index in [4.69, 9.17) is 24.2 Å². The summed E-state index contributed by atoms with van der Waals surface area (Å²) in [6, 6.07) is 2.35. The van der Waals surface area contributed by atoms with Gasteiger partial charge < -0.3 is 18.9 Å². The summed E-state index contributed by atoms with van der Waals surface area (Å²) in [7, 11) is 0. The molecule has 0 aromatic rings. The fourth-order valence-electron chi connectivity index (χ4n) is 2.81. The molecule has 0 bridgehead atoms. The van der Waals surface area contributed by atoms with Crippen LogP contribution in [0.2, 0.25) is 0 Å². The highest BCUT2D eigenvalue weighted by Gasteiger charge is 2.32. The molecule has 1 heterocycles. The quantitative estimate of drug-likeness (QED) is 0.699. The van der Waals surface area contributed by atoms with Crippen LogP contribution in [0.25, 0.3) is 0 Å². The fraction of sp³-hybridized carbons (Fsp3) is 0.933. The first-order valence-electron chi connectivity index (χ1n) is 7.65. The van der Waals surface area contributed by atoms with Gasteiger partial charge in [-0.05, 0) is 32.6 Å². The largest absolute Gasteiger partial charge is 0.379 e. The van der Waals surface area contributed by atoms with Gasteiger partial charge in [-0.3, -0.25) is 0 Å². The molecule has 5 heteroatoms. The zero-order valence-corrected chi connectivity index (χ0v) is 12.3. The zero-order chi connectivity index (χ0) is 14.2. The second-order valence-corrected chi connectivity index (χ2v) is 5.47. The Balaban J connectivity index is 1.61. The van der Waals surface area contributed by atoms with Gasteiger partial charge in [-0.15, -0.1) is 0 Å². The minimum absolute atomic E-state index is 0.0159. The molecule has 114 valence electrons. The Morgan fingerprint density at radius 3 is 2.40 bits per heavy atom. The molecule has 0 radical (unpaired) electrons. The summed E-state index contributed by atoms with van der Waals surface area (Å²) in [5.74, 6) is 0.661. The predicted molar refractivity (Wildman–Crippen MR) is 73.0 cm³/mol. The van der Waals surface area contributed by atoms with Crippen molar-refractivity contribution in [1.29, 1.82) is 5.26 Å². The molecule has 0 unspecified atom stereocenters. The summed E-state index contributed by atoms with van der Waals surface area (Å²) in [6.45, 7) is 5.08. The smallest absolute Gasteiger partial charge is 0.160 e. The average molecular weight is 283 g/mol. The van der Waals surface area contributed by atoms with Gasteiger partial charge in [-0.1, -0.05) is 0 Å². The molecule has 20 heavy (non-hydrogen) atoms. The molecule has 0 spiro atoms. The van der Waals surface area contributed by atoms with Crippen LogP contribution in [-0.2, 0) is 18.9 Å². The van der Waals surface area contributed by atoms with E-state index in [1.807, 2.05) is 6.92 Å². The molecule has 5 nitrogen and oxygen atoms in total. The van der Waals surface area contributed by atoms with E-state index in [2.05, 4.69) is 6.07 Å². The maximum Gasteiger partial charge on any atom is 0.160 e. The number of ether oxygens (including phenoxy) is 4. The van der Waals surface area contributed by atoms with Crippen molar-refractivity contribution in [1.82, 2.24) is 0 Å². The van der Waals surface area contributed by atoms with E-state index in [0.29, 0.717) is 39.0 Å². The minimum Gasteiger partial charge on any atom is -0.379 e. The molecular weight excluding hydrogens is 258 g/mol. The summed E-state index contributed by atoms with van der Waals surface area (Å²) in [4.78, 5) is 0. The first-order valence-corrected chi connectivity index (χ1v) is 7.65. The second kappa shape index (κ2) is 8.58. The number of rotatable bonds is 6. The van der Waals surface area contributed by atoms with Gasteiger partial charge >= 0.3 is 0 Å². The molecule has 0 aromatic heterocycles. The topological polar surface area (TPSA) is 60.7 Å². The van der Waals surface area contributed by atoms with E-state index in [-0.39, 0.29) is 18.3 Å². The van der Waals surface area contributed by atoms with Crippen molar-refractivity contribution in [3.8, 4) is 6.07 Å². The summed E-state index contributed by atoms with van der Waals surface area (Å²) in [5, 5.41) is 8.90. The lowest BCUT2D eigenvalue weighted by Gasteiger charge is -2.36. The van der Waals surface area contributed by atoms with Gasteiger partial charge in [0.05, 0.1) is 32.5 Å². The molecule has 1 saturated heterocycles. The lowest BCUT2D eigenvalue weighted by atomic mass is 9.82. The van der Waals surface area contributed by atoms with Crippen LogP contribution in [0.15, 0.2) is 0 Å². The highest BCUT2D eigenvalue weighted by atomic mass is 16.7. The van der Waals surface area contributed by atoms with Crippen LogP contribution in [0, 0.1) is 23.2 Å². The van der Waals surface area contributed by atoms with E-state index >= 15 is 0 Å². The Kier molecular flexibility index (Phi) is 6.74. The maximum atomic E-state index is 8.90. The molecule has 2 rings (SSSR count). The fourth-order valence-corrected chi connectivity index (χ4v) is 2.81. The Bertz CT molecular complexity index is 301. The highest BCUT2D eigenvalue weighted by molar-refractivity contribution is 4.88. The van der Waals surface area contributed by atoms with Gasteiger partial charge in [0, 0.05) is 18.4 Å². The van der Waals surface area contributed by atoms with E-state index in [0.717, 1.165) is 25.7 Å². The van der Waals surface area contributed by atoms with Crippen molar-refractivity contribution in [3.63, 3.8) is 0 Å². The lowest BCUT2D eigenvalue weighted by Crippen LogP contribution is -2.42. The lowest BCUT2D eigenvalue weighted by molar-refractivity contribution is -0.250. The molecule has 0 atom stereocenters. The van der Waals surface area contributed by atoms with Crippen molar-refractivity contribution >= 4 is 0 Å². The van der Waals surface area contributed by atoms with Crippen molar-refractivity contribution in [3.05, 3.63) is 0 Å². The monoisotopic (exact) mass is 283 g/mol. The summed E-state index contributed by atoms with van der Waals surface area (Å²) in [5.41, 5.74) is 0. The molecule has 0 amide bonds. The number of nitriles is 1. The molecule has 1 aliphatic carbocycles. The van der Waals surface area contributed by atoms with Gasteiger partial charge in [0.15, 0.2) is 6.29 Å². The first kappa shape index (κ1) is 15.7. The van der Waals surface area contributed by atoms with Crippen LogP contribution in [0.3, 0.4) is 0 Å². The van der Waals surface area contributed by atoms with E-state index in [1.54, 1.807) is 0 Å². The van der Waals surface area contributed by atoms with Gasteiger partial charge in [0.25, 0.3) is 0 Å². The predicted octanol–water partition coefficient (Wildman–Crippen LogP) is 2.11. The summed E-state index contributed by atoms with van der Waals surface area (Å²) >= 11 is 0. The molecule has 0 aromatic carbocycles. The van der Waals surface area contributed by atoms with Crippen molar-refractivity contribution in [2.24, 2.45) is 11.8 Å². The third-order valence-electron chi connectivity index (χ3n) is 4.02. The SMILES string of the molecule is CCOCCO[C@H]1CO[C@H](C2CCC(C#N)CC2)OC1. The third-order valence-corrected chi connectivity index (χ3v) is 4.02. The van der Waals surface area contributed by atoms with E-state index in [1.165, 1.54) is 0 Å². The minimum atomic E-state index is -0.110. The first-order chi connectivity index (χ1) is 9.83. The Morgan fingerprint density at radius 1 is 1.10 bits per heavy atom. The average Bonchev–Trinajstić information content (AvgIpc) is 2.52. The summed E-state index contributed by atoms with van der Waals surface area (Å²) < 4.78 is 22.4. The summed E-state index contributed by atoms with van der Waals surface area (Å²) in [6.07, 6.45) is 3.90. The maximum absolute atomic E-state index is 8.90. The molecular formula is C15H25NO4. The normalized spacial score (nSPS) is 34.6. The van der Waals surface area contributed by atoms with Crippen LogP contribution >= 0.6 is 0 Å². The number of hydrogen-bond acceptors (Lipinski definition) is 5. The standard InChI is InChI=1S/C15H25NO4/c1-2-17-7-8-18-14-10-19-15(20-11-14)13-5-3-12(9-16)4-6-13/h12-15H,2-8,10-11H2,1H3/t12?,13?,14-,15-. The Labute approximate surface area is 121 Å². The van der Waals surface area contributed by atoms with Gasteiger partial charge in [0.1, 0.15) is 6.10 Å². The molecule has 1 aliphatic heterocycles. The molecule has 1 saturated carbocycles. The molecule has 2 fully saturated rings. The molecule has 0 N–H and O–H groups in total. The number of nitrogens with zero attached hydrogens (tertiary/aromatic N) is 1. The van der Waals surface area contributed by atoms with Crippen molar-refractivity contribution < 1.29 is 18.9 Å². The van der Waals surface area contributed by atoms with Crippen LogP contribution in [-0.4, -0.2) is 45.4 Å². The van der Waals surface area contributed by atoms with Crippen LogP contribution in [0.5, 0.6) is 0 Å².